The molecule has 0 aliphatic heterocycles. The molecule has 0 spiro atoms. The number of hydrogen-bond acceptors (Lipinski definition) is 3. The van der Waals surface area contributed by atoms with Crippen LogP contribution in [0.3, 0.4) is 0 Å². The van der Waals surface area contributed by atoms with Crippen molar-refractivity contribution in [3.05, 3.63) is 33.9 Å². The van der Waals surface area contributed by atoms with Crippen molar-refractivity contribution in [2.75, 3.05) is 4.43 Å². The van der Waals surface area contributed by atoms with E-state index in [0.717, 1.165) is 12.1 Å². The van der Waals surface area contributed by atoms with E-state index in [-0.39, 0.29) is 3.57 Å². The van der Waals surface area contributed by atoms with Crippen LogP contribution in [-0.2, 0) is 12.6 Å². The molecule has 0 saturated carbocycles. The standard InChI is InChI=1S/C9H7F6IO3S/c10-8(11,12)6-16(7-4-2-1-3-5-7)19-20(17,18)9(13,14)15/h1-5H,6H2. The number of hydrogen-bond donors (Lipinski definition) is 0. The van der Waals surface area contributed by atoms with Crippen molar-refractivity contribution >= 4 is 30.4 Å². The fraction of sp³-hybridized carbons (Fsp3) is 0.333. The molecule has 0 fully saturated rings. The van der Waals surface area contributed by atoms with E-state index < -0.39 is 46.5 Å². The van der Waals surface area contributed by atoms with E-state index in [4.69, 9.17) is 0 Å². The van der Waals surface area contributed by atoms with Gasteiger partial charge in [-0.3, -0.25) is 0 Å². The second kappa shape index (κ2) is 6.05. The molecule has 0 aromatic heterocycles. The summed E-state index contributed by atoms with van der Waals surface area (Å²) in [7, 11) is -6.05. The van der Waals surface area contributed by atoms with E-state index in [9.17, 15) is 34.8 Å². The average Bonchev–Trinajstić information content (AvgIpc) is 2.25. The Labute approximate surface area is 118 Å². The van der Waals surface area contributed by atoms with Gasteiger partial charge >= 0.3 is 118 Å². The zero-order valence-corrected chi connectivity index (χ0v) is 12.3. The molecule has 0 N–H and O–H groups in total. The Morgan fingerprint density at radius 3 is 1.90 bits per heavy atom. The number of benzene rings is 1. The summed E-state index contributed by atoms with van der Waals surface area (Å²) in [4.78, 5) is 0. The molecule has 20 heavy (non-hydrogen) atoms. The van der Waals surface area contributed by atoms with Gasteiger partial charge in [0.25, 0.3) is 0 Å². The first-order chi connectivity index (χ1) is 8.92. The zero-order chi connectivity index (χ0) is 15.6. The molecule has 0 aliphatic rings. The molecular formula is C9H7F6IO3S. The molecule has 1 rings (SSSR count). The predicted octanol–water partition coefficient (Wildman–Crippen LogP) is 3.71. The maximum absolute atomic E-state index is 12.3. The summed E-state index contributed by atoms with van der Waals surface area (Å²) in [5.74, 6) is 0. The molecule has 3 nitrogen and oxygen atoms in total. The normalized spacial score (nSPS) is 14.2. The third-order valence-electron chi connectivity index (χ3n) is 1.69. The second-order valence-corrected chi connectivity index (χ2v) is 9.74. The Bertz CT molecular complexity index is 539. The van der Waals surface area contributed by atoms with E-state index in [1.807, 2.05) is 0 Å². The van der Waals surface area contributed by atoms with Gasteiger partial charge in [-0.05, 0) is 0 Å². The first-order valence-corrected chi connectivity index (χ1v) is 9.61. The zero-order valence-electron chi connectivity index (χ0n) is 9.37. The van der Waals surface area contributed by atoms with Crippen molar-refractivity contribution in [2.24, 2.45) is 0 Å². The van der Waals surface area contributed by atoms with Crippen LogP contribution in [0.15, 0.2) is 30.3 Å². The van der Waals surface area contributed by atoms with Crippen LogP contribution in [0.4, 0.5) is 26.3 Å². The molecular weight excluding hydrogens is 429 g/mol. The van der Waals surface area contributed by atoms with Crippen LogP contribution in [0, 0.1) is 3.57 Å². The number of alkyl halides is 7. The maximum atomic E-state index is 12.3. The van der Waals surface area contributed by atoms with Gasteiger partial charge in [0.05, 0.1) is 0 Å². The molecule has 1 aromatic carbocycles. The molecule has 1 aromatic rings. The van der Waals surface area contributed by atoms with Crippen molar-refractivity contribution in [3.63, 3.8) is 0 Å². The summed E-state index contributed by atoms with van der Waals surface area (Å²) >= 11 is -4.08. The molecule has 0 unspecified atom stereocenters. The van der Waals surface area contributed by atoms with Crippen molar-refractivity contribution in [1.82, 2.24) is 0 Å². The molecule has 116 valence electrons. The third kappa shape index (κ3) is 5.09. The summed E-state index contributed by atoms with van der Waals surface area (Å²) in [6, 6.07) is 6.24. The summed E-state index contributed by atoms with van der Waals surface area (Å²) in [5.41, 5.74) is -5.75. The van der Waals surface area contributed by atoms with Crippen LogP contribution < -0.4 is 0 Å². The fourth-order valence-corrected chi connectivity index (χ4v) is 7.13. The summed E-state index contributed by atoms with van der Waals surface area (Å²) in [5, 5.41) is 0. The second-order valence-electron chi connectivity index (χ2n) is 3.33. The monoisotopic (exact) mass is 436 g/mol. The van der Waals surface area contributed by atoms with Crippen LogP contribution >= 0.6 is 20.2 Å². The van der Waals surface area contributed by atoms with E-state index in [0.29, 0.717) is 0 Å². The van der Waals surface area contributed by atoms with E-state index in [2.05, 4.69) is 2.51 Å². The molecule has 0 saturated heterocycles. The van der Waals surface area contributed by atoms with E-state index in [1.54, 1.807) is 0 Å². The van der Waals surface area contributed by atoms with Gasteiger partial charge in [-0.25, -0.2) is 0 Å². The van der Waals surface area contributed by atoms with Crippen molar-refractivity contribution in [3.8, 4) is 0 Å². The Morgan fingerprint density at radius 2 is 1.50 bits per heavy atom. The van der Waals surface area contributed by atoms with E-state index >= 15 is 0 Å². The minimum absolute atomic E-state index is 0.165. The summed E-state index contributed by atoms with van der Waals surface area (Å²) in [6.45, 7) is 0. The van der Waals surface area contributed by atoms with Crippen LogP contribution in [-0.4, -0.2) is 24.5 Å². The first-order valence-electron chi connectivity index (χ1n) is 4.71. The van der Waals surface area contributed by atoms with Gasteiger partial charge < -0.3 is 0 Å². The van der Waals surface area contributed by atoms with Gasteiger partial charge in [0.2, 0.25) is 0 Å². The fourth-order valence-electron chi connectivity index (χ4n) is 0.964. The summed E-state index contributed by atoms with van der Waals surface area (Å²) < 4.78 is 97.2. The van der Waals surface area contributed by atoms with Crippen LogP contribution in [0.1, 0.15) is 0 Å². The summed E-state index contributed by atoms with van der Waals surface area (Å²) in [6.07, 6.45) is -4.82. The molecule has 0 heterocycles. The molecule has 0 atom stereocenters. The van der Waals surface area contributed by atoms with Crippen LogP contribution in [0.5, 0.6) is 0 Å². The molecule has 0 amide bonds. The SMILES string of the molecule is O=S(=O)(OI(CC(F)(F)F)c1ccccc1)C(F)(F)F. The van der Waals surface area contributed by atoms with Crippen LogP contribution in [0.25, 0.3) is 0 Å². The predicted molar refractivity (Wildman–Crippen MR) is 66.1 cm³/mol. The molecule has 0 bridgehead atoms. The van der Waals surface area contributed by atoms with Gasteiger partial charge in [0.15, 0.2) is 0 Å². The molecule has 11 heteroatoms. The van der Waals surface area contributed by atoms with Gasteiger partial charge in [-0.1, -0.05) is 0 Å². The van der Waals surface area contributed by atoms with E-state index in [1.165, 1.54) is 18.2 Å². The van der Waals surface area contributed by atoms with Gasteiger partial charge in [-0.2, -0.15) is 0 Å². The van der Waals surface area contributed by atoms with Gasteiger partial charge in [0, 0.05) is 0 Å². The first kappa shape index (κ1) is 17.5. The Balaban J connectivity index is 3.08. The van der Waals surface area contributed by atoms with Crippen LogP contribution in [0.2, 0.25) is 0 Å². The van der Waals surface area contributed by atoms with Crippen molar-refractivity contribution < 1.29 is 37.3 Å². The Hall–Kier alpha value is -0.560. The Morgan fingerprint density at radius 1 is 1.00 bits per heavy atom. The van der Waals surface area contributed by atoms with Crippen molar-refractivity contribution in [1.29, 1.82) is 0 Å². The van der Waals surface area contributed by atoms with Gasteiger partial charge in [0.1, 0.15) is 0 Å². The quantitative estimate of drug-likeness (QED) is 0.313. The van der Waals surface area contributed by atoms with Gasteiger partial charge in [-0.15, -0.1) is 0 Å². The topological polar surface area (TPSA) is 43.4 Å². The number of halogens is 7. The minimum atomic E-state index is -6.05. The number of rotatable bonds is 4. The molecule has 0 aliphatic carbocycles. The average molecular weight is 436 g/mol. The Kier molecular flexibility index (Phi) is 5.29. The molecule has 0 radical (unpaired) electrons. The van der Waals surface area contributed by atoms with Crippen molar-refractivity contribution in [2.45, 2.75) is 11.7 Å². The third-order valence-corrected chi connectivity index (χ3v) is 8.97.